The summed E-state index contributed by atoms with van der Waals surface area (Å²) < 4.78 is 7.32. The summed E-state index contributed by atoms with van der Waals surface area (Å²) in [6, 6.07) is 4.83. The van der Waals surface area contributed by atoms with Gasteiger partial charge in [-0.3, -0.25) is 9.78 Å². The number of rotatable bonds is 5. The van der Waals surface area contributed by atoms with Crippen molar-refractivity contribution in [3.8, 4) is 22.9 Å². The van der Waals surface area contributed by atoms with Crippen molar-refractivity contribution >= 4 is 28.1 Å². The molecule has 1 saturated heterocycles. The Morgan fingerprint density at radius 3 is 2.81 bits per heavy atom. The van der Waals surface area contributed by atoms with Gasteiger partial charge in [0.2, 0.25) is 11.0 Å². The second kappa shape index (κ2) is 8.79. The van der Waals surface area contributed by atoms with Crippen LogP contribution in [0.2, 0.25) is 5.02 Å². The molecule has 32 heavy (non-hydrogen) atoms. The van der Waals surface area contributed by atoms with Crippen LogP contribution in [-0.4, -0.2) is 43.0 Å². The predicted molar refractivity (Wildman–Crippen MR) is 122 cm³/mol. The summed E-state index contributed by atoms with van der Waals surface area (Å²) in [6.45, 7) is 4.07. The maximum atomic E-state index is 12.4. The van der Waals surface area contributed by atoms with Crippen molar-refractivity contribution in [1.82, 2.24) is 29.9 Å². The fraction of sp³-hybridized carbons (Fsp3) is 0.333. The summed E-state index contributed by atoms with van der Waals surface area (Å²) >= 11 is 7.53. The first-order valence-electron chi connectivity index (χ1n) is 10.3. The van der Waals surface area contributed by atoms with Gasteiger partial charge < -0.3 is 9.32 Å². The number of aryl methyl sites for hydroxylation is 1. The molecule has 1 aliphatic rings. The Morgan fingerprint density at radius 1 is 1.16 bits per heavy atom. The topological polar surface area (TPSA) is 103 Å². The Morgan fingerprint density at radius 2 is 2.00 bits per heavy atom. The van der Waals surface area contributed by atoms with Crippen molar-refractivity contribution in [3.63, 3.8) is 0 Å². The molecular formula is C21H20ClN7O2S. The fourth-order valence-electron chi connectivity index (χ4n) is 3.62. The smallest absolute Gasteiger partial charge is 0.267 e. The third-order valence-corrected chi connectivity index (χ3v) is 6.39. The van der Waals surface area contributed by atoms with Gasteiger partial charge in [-0.25, -0.2) is 9.67 Å². The van der Waals surface area contributed by atoms with Gasteiger partial charge >= 0.3 is 0 Å². The monoisotopic (exact) mass is 469 g/mol. The van der Waals surface area contributed by atoms with Crippen LogP contribution in [0.3, 0.4) is 0 Å². The molecule has 1 fully saturated rings. The number of hydrogen-bond acceptors (Lipinski definition) is 9. The quantitative estimate of drug-likeness (QED) is 0.434. The van der Waals surface area contributed by atoms with Gasteiger partial charge in [0.05, 0.1) is 22.8 Å². The van der Waals surface area contributed by atoms with Gasteiger partial charge in [0.25, 0.3) is 5.56 Å². The minimum Gasteiger partial charge on any atom is -0.434 e. The first-order valence-corrected chi connectivity index (χ1v) is 11.5. The van der Waals surface area contributed by atoms with Crippen molar-refractivity contribution < 1.29 is 4.42 Å². The molecule has 4 aromatic rings. The van der Waals surface area contributed by atoms with E-state index in [0.717, 1.165) is 23.2 Å². The molecule has 4 aromatic heterocycles. The third kappa shape index (κ3) is 4.28. The first-order chi connectivity index (χ1) is 15.6. The van der Waals surface area contributed by atoms with Crippen molar-refractivity contribution in [2.75, 3.05) is 18.0 Å². The predicted octanol–water partition coefficient (Wildman–Crippen LogP) is 3.81. The molecule has 0 bridgehead atoms. The molecule has 0 unspecified atom stereocenters. The molecule has 0 aromatic carbocycles. The third-order valence-electron chi connectivity index (χ3n) is 5.22. The SMILES string of the molecule is Cc1nc(-c2cncc(Cl)c2)oc1-c1ccc(=O)n(Cc2nnc(N3CCCCC3)s2)n1. The van der Waals surface area contributed by atoms with E-state index >= 15 is 0 Å². The van der Waals surface area contributed by atoms with E-state index in [0.29, 0.717) is 33.6 Å². The summed E-state index contributed by atoms with van der Waals surface area (Å²) in [5.74, 6) is 0.877. The average molecular weight is 470 g/mol. The van der Waals surface area contributed by atoms with Crippen LogP contribution >= 0.6 is 22.9 Å². The number of oxazole rings is 1. The summed E-state index contributed by atoms with van der Waals surface area (Å²) in [7, 11) is 0. The highest BCUT2D eigenvalue weighted by Gasteiger charge is 2.18. The van der Waals surface area contributed by atoms with E-state index < -0.39 is 0 Å². The van der Waals surface area contributed by atoms with Crippen molar-refractivity contribution in [3.05, 3.63) is 56.7 Å². The van der Waals surface area contributed by atoms with Crippen molar-refractivity contribution in [2.24, 2.45) is 0 Å². The van der Waals surface area contributed by atoms with Gasteiger partial charge in [-0.2, -0.15) is 5.10 Å². The molecule has 1 aliphatic heterocycles. The van der Waals surface area contributed by atoms with E-state index in [2.05, 4.69) is 30.2 Å². The van der Waals surface area contributed by atoms with E-state index in [9.17, 15) is 4.79 Å². The number of piperidine rings is 1. The van der Waals surface area contributed by atoms with E-state index in [4.69, 9.17) is 16.0 Å². The molecule has 0 saturated carbocycles. The van der Waals surface area contributed by atoms with Gasteiger partial charge in [0.1, 0.15) is 10.7 Å². The van der Waals surface area contributed by atoms with Gasteiger partial charge in [0, 0.05) is 31.5 Å². The van der Waals surface area contributed by atoms with Crippen LogP contribution in [0.25, 0.3) is 22.9 Å². The molecule has 0 radical (unpaired) electrons. The Bertz CT molecular complexity index is 1310. The van der Waals surface area contributed by atoms with E-state index in [1.165, 1.54) is 41.3 Å². The highest BCUT2D eigenvalue weighted by atomic mass is 35.5. The standard InChI is InChI=1S/C21H20ClN7O2S/c1-13-19(31-20(24-13)14-9-15(22)11-23-10-14)16-5-6-18(30)29(27-16)12-17-25-26-21(32-17)28-7-3-2-4-8-28/h5-6,9-11H,2-4,7-8,12H2,1H3. The van der Waals surface area contributed by atoms with Gasteiger partial charge in [0.15, 0.2) is 5.76 Å². The van der Waals surface area contributed by atoms with Gasteiger partial charge in [-0.05, 0) is 38.3 Å². The molecule has 9 nitrogen and oxygen atoms in total. The lowest BCUT2D eigenvalue weighted by molar-refractivity contribution is 0.572. The van der Waals surface area contributed by atoms with E-state index in [1.807, 2.05) is 6.92 Å². The Kier molecular flexibility index (Phi) is 5.71. The lowest BCUT2D eigenvalue weighted by Gasteiger charge is -2.25. The zero-order chi connectivity index (χ0) is 22.1. The van der Waals surface area contributed by atoms with Crippen LogP contribution in [0.5, 0.6) is 0 Å². The number of aromatic nitrogens is 6. The molecule has 5 rings (SSSR count). The number of anilines is 1. The second-order valence-electron chi connectivity index (χ2n) is 7.57. The Labute approximate surface area is 192 Å². The number of nitrogens with zero attached hydrogens (tertiary/aromatic N) is 7. The number of hydrogen-bond donors (Lipinski definition) is 0. The van der Waals surface area contributed by atoms with E-state index in [1.54, 1.807) is 24.5 Å². The molecule has 0 aliphatic carbocycles. The van der Waals surface area contributed by atoms with Crippen LogP contribution in [0, 0.1) is 6.92 Å². The number of pyridine rings is 1. The summed E-state index contributed by atoms with van der Waals surface area (Å²) in [5, 5.41) is 15.2. The molecule has 0 spiro atoms. The minimum absolute atomic E-state index is 0.222. The lowest BCUT2D eigenvalue weighted by atomic mass is 10.1. The zero-order valence-corrected chi connectivity index (χ0v) is 18.9. The minimum atomic E-state index is -0.222. The van der Waals surface area contributed by atoms with Crippen molar-refractivity contribution in [1.29, 1.82) is 0 Å². The molecule has 5 heterocycles. The average Bonchev–Trinajstić information content (AvgIpc) is 3.43. The molecule has 0 amide bonds. The summed E-state index contributed by atoms with van der Waals surface area (Å²) in [4.78, 5) is 23.2. The van der Waals surface area contributed by atoms with Crippen LogP contribution in [0.4, 0.5) is 5.13 Å². The zero-order valence-electron chi connectivity index (χ0n) is 17.4. The Hall–Kier alpha value is -3.11. The van der Waals surface area contributed by atoms with Crippen LogP contribution < -0.4 is 10.5 Å². The highest BCUT2D eigenvalue weighted by molar-refractivity contribution is 7.15. The second-order valence-corrected chi connectivity index (χ2v) is 9.04. The molecule has 0 N–H and O–H groups in total. The molecule has 0 atom stereocenters. The molecule has 164 valence electrons. The van der Waals surface area contributed by atoms with Gasteiger partial charge in [-0.1, -0.05) is 22.9 Å². The largest absolute Gasteiger partial charge is 0.434 e. The lowest BCUT2D eigenvalue weighted by Crippen LogP contribution is -2.29. The van der Waals surface area contributed by atoms with E-state index in [-0.39, 0.29) is 12.1 Å². The Balaban J connectivity index is 1.41. The fourth-order valence-corrected chi connectivity index (χ4v) is 4.67. The van der Waals surface area contributed by atoms with Crippen LogP contribution in [0.1, 0.15) is 30.0 Å². The normalized spacial score (nSPS) is 14.1. The first kappa shape index (κ1) is 20.8. The molecule has 11 heteroatoms. The number of halogens is 1. The maximum Gasteiger partial charge on any atom is 0.267 e. The van der Waals surface area contributed by atoms with Gasteiger partial charge in [-0.15, -0.1) is 10.2 Å². The maximum absolute atomic E-state index is 12.4. The van der Waals surface area contributed by atoms with Crippen LogP contribution in [0.15, 0.2) is 39.8 Å². The molecular weight excluding hydrogens is 450 g/mol. The van der Waals surface area contributed by atoms with Crippen LogP contribution in [-0.2, 0) is 6.54 Å². The highest BCUT2D eigenvalue weighted by Crippen LogP contribution is 2.29. The summed E-state index contributed by atoms with van der Waals surface area (Å²) in [5.41, 5.74) is 1.61. The summed E-state index contributed by atoms with van der Waals surface area (Å²) in [6.07, 6.45) is 6.77. The van der Waals surface area contributed by atoms with Crippen molar-refractivity contribution in [2.45, 2.75) is 32.7 Å².